The molecule has 2 aromatic rings. The lowest BCUT2D eigenvalue weighted by atomic mass is 10.2. The Morgan fingerprint density at radius 1 is 1.33 bits per heavy atom. The van der Waals surface area contributed by atoms with Gasteiger partial charge in [0.1, 0.15) is 24.0 Å². The number of ether oxygens (including phenoxy) is 2. The molecule has 0 atom stereocenters. The van der Waals surface area contributed by atoms with Gasteiger partial charge in [-0.15, -0.1) is 0 Å². The summed E-state index contributed by atoms with van der Waals surface area (Å²) < 4.78 is 10.4. The monoisotopic (exact) mass is 328 g/mol. The molecule has 1 aromatic carbocycles. The summed E-state index contributed by atoms with van der Waals surface area (Å²) in [4.78, 5) is 22.2. The van der Waals surface area contributed by atoms with Crippen LogP contribution in [0.15, 0.2) is 24.3 Å². The molecule has 0 bridgehead atoms. The number of hydrogen-bond acceptors (Lipinski definition) is 6. The number of carbonyl (C=O) groups is 1. The Kier molecular flexibility index (Phi) is 4.50. The highest BCUT2D eigenvalue weighted by Gasteiger charge is 2.26. The number of nitrogens with one attached hydrogen (secondary N) is 1. The van der Waals surface area contributed by atoms with Gasteiger partial charge in [-0.1, -0.05) is 6.92 Å². The molecule has 7 nitrogen and oxygen atoms in total. The zero-order valence-electron chi connectivity index (χ0n) is 14.0. The van der Waals surface area contributed by atoms with E-state index in [1.807, 2.05) is 31.2 Å². The molecule has 0 radical (unpaired) electrons. The van der Waals surface area contributed by atoms with Gasteiger partial charge >= 0.3 is 6.09 Å². The number of nitrogens with zero attached hydrogens (tertiary/aromatic N) is 3. The minimum Gasteiger partial charge on any atom is -0.495 e. The van der Waals surface area contributed by atoms with E-state index in [0.717, 1.165) is 23.6 Å². The van der Waals surface area contributed by atoms with Crippen molar-refractivity contribution >= 4 is 23.3 Å². The number of cyclic esters (lactones) is 1. The third kappa shape index (κ3) is 3.24. The topological polar surface area (TPSA) is 76.6 Å². The molecule has 7 heteroatoms. The van der Waals surface area contributed by atoms with E-state index in [9.17, 15) is 4.79 Å². The summed E-state index contributed by atoms with van der Waals surface area (Å²) >= 11 is 0. The maximum atomic E-state index is 11.8. The highest BCUT2D eigenvalue weighted by atomic mass is 16.6. The van der Waals surface area contributed by atoms with Gasteiger partial charge in [0.2, 0.25) is 0 Å². The molecule has 24 heavy (non-hydrogen) atoms. The first-order chi connectivity index (χ1) is 11.6. The summed E-state index contributed by atoms with van der Waals surface area (Å²) in [5, 5.41) is 3.26. The van der Waals surface area contributed by atoms with Crippen LogP contribution >= 0.6 is 0 Å². The van der Waals surface area contributed by atoms with Crippen LogP contribution in [0.3, 0.4) is 0 Å². The molecule has 2 heterocycles. The van der Waals surface area contributed by atoms with Crippen LogP contribution in [0, 0.1) is 6.92 Å². The Balaban J connectivity index is 1.92. The minimum absolute atomic E-state index is 0.364. The summed E-state index contributed by atoms with van der Waals surface area (Å²) in [6.07, 6.45) is 0.475. The second-order valence-electron chi connectivity index (χ2n) is 5.42. The summed E-state index contributed by atoms with van der Waals surface area (Å²) in [6, 6.07) is 7.47. The van der Waals surface area contributed by atoms with Gasteiger partial charge in [-0.2, -0.15) is 0 Å². The van der Waals surface area contributed by atoms with Crippen molar-refractivity contribution in [3.63, 3.8) is 0 Å². The van der Waals surface area contributed by atoms with Crippen molar-refractivity contribution in [2.45, 2.75) is 20.3 Å². The van der Waals surface area contributed by atoms with Crippen molar-refractivity contribution in [2.75, 3.05) is 30.5 Å². The maximum absolute atomic E-state index is 11.8. The quantitative estimate of drug-likeness (QED) is 0.909. The number of rotatable bonds is 5. The minimum atomic E-state index is -0.364. The van der Waals surface area contributed by atoms with E-state index in [-0.39, 0.29) is 6.09 Å². The van der Waals surface area contributed by atoms with Crippen LogP contribution in [0.2, 0.25) is 0 Å². The predicted molar refractivity (Wildman–Crippen MR) is 91.1 cm³/mol. The molecule has 0 saturated carbocycles. The van der Waals surface area contributed by atoms with Crippen LogP contribution in [0.5, 0.6) is 5.75 Å². The van der Waals surface area contributed by atoms with Crippen LogP contribution in [0.4, 0.5) is 22.0 Å². The molecule has 1 amide bonds. The fourth-order valence-corrected chi connectivity index (χ4v) is 2.61. The van der Waals surface area contributed by atoms with Crippen molar-refractivity contribution in [2.24, 2.45) is 0 Å². The Morgan fingerprint density at radius 2 is 2.17 bits per heavy atom. The second-order valence-corrected chi connectivity index (χ2v) is 5.42. The van der Waals surface area contributed by atoms with E-state index in [2.05, 4.69) is 22.2 Å². The summed E-state index contributed by atoms with van der Waals surface area (Å²) in [5.41, 5.74) is 2.46. The lowest BCUT2D eigenvalue weighted by molar-refractivity contribution is 0.181. The third-order valence-corrected chi connectivity index (χ3v) is 3.76. The zero-order valence-corrected chi connectivity index (χ0v) is 14.0. The van der Waals surface area contributed by atoms with Crippen molar-refractivity contribution in [1.82, 2.24) is 9.97 Å². The molecule has 0 unspecified atom stereocenters. The fourth-order valence-electron chi connectivity index (χ4n) is 2.61. The molecule has 126 valence electrons. The Bertz CT molecular complexity index is 763. The third-order valence-electron chi connectivity index (χ3n) is 3.76. The van der Waals surface area contributed by atoms with Crippen LogP contribution in [-0.4, -0.2) is 36.3 Å². The van der Waals surface area contributed by atoms with Gasteiger partial charge in [0.15, 0.2) is 0 Å². The SMILES string of the molecule is CCc1cc(Nc2ccc(OC)c(N3CCOC3=O)c2)nc(C)n1. The van der Waals surface area contributed by atoms with Crippen LogP contribution in [-0.2, 0) is 11.2 Å². The number of anilines is 3. The van der Waals surface area contributed by atoms with E-state index < -0.39 is 0 Å². The number of aromatic nitrogens is 2. The van der Waals surface area contributed by atoms with Crippen molar-refractivity contribution < 1.29 is 14.3 Å². The number of hydrogen-bond donors (Lipinski definition) is 1. The van der Waals surface area contributed by atoms with Crippen molar-refractivity contribution in [3.05, 3.63) is 35.8 Å². The second kappa shape index (κ2) is 6.74. The lowest BCUT2D eigenvalue weighted by Gasteiger charge is -2.18. The Hall–Kier alpha value is -2.83. The number of aryl methyl sites for hydroxylation is 2. The van der Waals surface area contributed by atoms with Crippen LogP contribution in [0.25, 0.3) is 0 Å². The zero-order chi connectivity index (χ0) is 17.1. The smallest absolute Gasteiger partial charge is 0.414 e. The van der Waals surface area contributed by atoms with Gasteiger partial charge in [0, 0.05) is 17.4 Å². The normalized spacial score (nSPS) is 13.8. The average molecular weight is 328 g/mol. The number of carbonyl (C=O) groups excluding carboxylic acids is 1. The van der Waals surface area contributed by atoms with Gasteiger partial charge in [-0.25, -0.2) is 14.8 Å². The largest absolute Gasteiger partial charge is 0.495 e. The van der Waals surface area contributed by atoms with E-state index >= 15 is 0 Å². The molecule has 1 aliphatic rings. The molecule has 3 rings (SSSR count). The molecule has 1 aromatic heterocycles. The van der Waals surface area contributed by atoms with Gasteiger partial charge < -0.3 is 14.8 Å². The first-order valence-electron chi connectivity index (χ1n) is 7.84. The summed E-state index contributed by atoms with van der Waals surface area (Å²) in [5.74, 6) is 2.06. The molecule has 1 aliphatic heterocycles. The number of methoxy groups -OCH3 is 1. The predicted octanol–water partition coefficient (Wildman–Crippen LogP) is 3.06. The van der Waals surface area contributed by atoms with Gasteiger partial charge in [-0.05, 0) is 31.5 Å². The van der Waals surface area contributed by atoms with E-state index in [4.69, 9.17) is 9.47 Å². The highest BCUT2D eigenvalue weighted by Crippen LogP contribution is 2.33. The maximum Gasteiger partial charge on any atom is 0.414 e. The van der Waals surface area contributed by atoms with Gasteiger partial charge in [0.05, 0.1) is 19.3 Å². The molecular weight excluding hydrogens is 308 g/mol. The summed E-state index contributed by atoms with van der Waals surface area (Å²) in [7, 11) is 1.58. The Labute approximate surface area is 140 Å². The summed E-state index contributed by atoms with van der Waals surface area (Å²) in [6.45, 7) is 4.80. The average Bonchev–Trinajstić information content (AvgIpc) is 3.00. The highest BCUT2D eigenvalue weighted by molar-refractivity contribution is 5.92. The van der Waals surface area contributed by atoms with Crippen LogP contribution in [0.1, 0.15) is 18.4 Å². The molecule has 0 spiro atoms. The molecule has 0 aliphatic carbocycles. The van der Waals surface area contributed by atoms with Crippen molar-refractivity contribution in [3.8, 4) is 5.75 Å². The van der Waals surface area contributed by atoms with E-state index in [0.29, 0.717) is 30.4 Å². The fraction of sp³-hybridized carbons (Fsp3) is 0.353. The van der Waals surface area contributed by atoms with Gasteiger partial charge in [-0.3, -0.25) is 4.90 Å². The number of amides is 1. The molecular formula is C17H20N4O3. The van der Waals surface area contributed by atoms with E-state index in [1.54, 1.807) is 12.0 Å². The first kappa shape index (κ1) is 16.0. The lowest BCUT2D eigenvalue weighted by Crippen LogP contribution is -2.23. The number of benzene rings is 1. The van der Waals surface area contributed by atoms with E-state index in [1.165, 1.54) is 0 Å². The van der Waals surface area contributed by atoms with Gasteiger partial charge in [0.25, 0.3) is 0 Å². The Morgan fingerprint density at radius 3 is 2.83 bits per heavy atom. The first-order valence-corrected chi connectivity index (χ1v) is 7.84. The standard InChI is InChI=1S/C17H20N4O3/c1-4-12-10-16(19-11(2)18-12)20-13-5-6-15(23-3)14(9-13)21-7-8-24-17(21)22/h5-6,9-10H,4,7-8H2,1-3H3,(H,18,19,20). The molecule has 1 fully saturated rings. The molecule has 1 saturated heterocycles. The van der Waals surface area contributed by atoms with Crippen molar-refractivity contribution in [1.29, 1.82) is 0 Å². The molecule has 1 N–H and O–H groups in total. The van der Waals surface area contributed by atoms with Crippen LogP contribution < -0.4 is 15.0 Å².